The highest BCUT2D eigenvalue weighted by molar-refractivity contribution is 7.10. The van der Waals surface area contributed by atoms with E-state index in [9.17, 15) is 4.79 Å². The van der Waals surface area contributed by atoms with Crippen LogP contribution in [0, 0.1) is 20.8 Å². The van der Waals surface area contributed by atoms with Gasteiger partial charge in [-0.05, 0) is 50.8 Å². The van der Waals surface area contributed by atoms with Crippen molar-refractivity contribution in [3.05, 3.63) is 63.1 Å². The molecule has 0 bridgehead atoms. The lowest BCUT2D eigenvalue weighted by molar-refractivity contribution is 0.0737. The van der Waals surface area contributed by atoms with E-state index in [1.165, 1.54) is 5.56 Å². The third kappa shape index (κ3) is 3.35. The van der Waals surface area contributed by atoms with E-state index < -0.39 is 0 Å². The largest absolute Gasteiger partial charge is 0.333 e. The number of carbonyl (C=O) groups excluding carboxylic acids is 1. The predicted molar refractivity (Wildman–Crippen MR) is 100 cm³/mol. The number of aromatic nitrogens is 3. The third-order valence-electron chi connectivity index (χ3n) is 4.41. The molecule has 130 valence electrons. The van der Waals surface area contributed by atoms with Crippen molar-refractivity contribution >= 4 is 17.2 Å². The van der Waals surface area contributed by atoms with Crippen LogP contribution in [-0.2, 0) is 0 Å². The van der Waals surface area contributed by atoms with Gasteiger partial charge in [0, 0.05) is 11.9 Å². The molecule has 2 aromatic heterocycles. The van der Waals surface area contributed by atoms with Gasteiger partial charge in [0.15, 0.2) is 5.69 Å². The maximum absolute atomic E-state index is 12.9. The molecule has 2 heterocycles. The number of benzene rings is 1. The maximum Gasteiger partial charge on any atom is 0.276 e. The molecule has 3 rings (SSSR count). The van der Waals surface area contributed by atoms with E-state index in [2.05, 4.69) is 23.2 Å². The second kappa shape index (κ2) is 6.80. The molecule has 0 saturated heterocycles. The van der Waals surface area contributed by atoms with Crippen LogP contribution in [0.25, 0.3) is 5.69 Å². The Kier molecular flexibility index (Phi) is 4.72. The standard InChI is InChI=1S/C19H22N4OS/c1-12-8-9-16(13(2)11-12)23-20-14(3)18(21-23)19(24)22(5)15(4)17-7-6-10-25-17/h6-11,15H,1-5H3. The highest BCUT2D eigenvalue weighted by Gasteiger charge is 2.24. The van der Waals surface area contributed by atoms with Gasteiger partial charge in [-0.2, -0.15) is 9.90 Å². The van der Waals surface area contributed by atoms with E-state index in [0.717, 1.165) is 16.1 Å². The number of hydrogen-bond acceptors (Lipinski definition) is 4. The van der Waals surface area contributed by atoms with Crippen molar-refractivity contribution < 1.29 is 4.79 Å². The summed E-state index contributed by atoms with van der Waals surface area (Å²) in [5.74, 6) is -0.116. The Hall–Kier alpha value is -2.47. The molecule has 1 atom stereocenters. The Balaban J connectivity index is 1.90. The molecule has 0 aliphatic carbocycles. The number of rotatable bonds is 4. The molecular formula is C19H22N4OS. The molecule has 1 amide bonds. The molecule has 1 unspecified atom stereocenters. The minimum absolute atomic E-state index is 0.00170. The first-order chi connectivity index (χ1) is 11.9. The maximum atomic E-state index is 12.9. The highest BCUT2D eigenvalue weighted by atomic mass is 32.1. The first-order valence-corrected chi connectivity index (χ1v) is 9.08. The normalized spacial score (nSPS) is 12.2. The zero-order valence-corrected chi connectivity index (χ0v) is 16.0. The first-order valence-electron chi connectivity index (χ1n) is 8.20. The van der Waals surface area contributed by atoms with Gasteiger partial charge in [0.2, 0.25) is 0 Å². The number of thiophene rings is 1. The van der Waals surface area contributed by atoms with Crippen LogP contribution in [0.1, 0.15) is 45.2 Å². The average Bonchev–Trinajstić information content (AvgIpc) is 3.22. The van der Waals surface area contributed by atoms with Crippen LogP contribution in [0.4, 0.5) is 0 Å². The lowest BCUT2D eigenvalue weighted by atomic mass is 10.1. The molecule has 0 fully saturated rings. The van der Waals surface area contributed by atoms with Crippen LogP contribution in [0.5, 0.6) is 0 Å². The molecule has 0 aliphatic rings. The van der Waals surface area contributed by atoms with E-state index in [-0.39, 0.29) is 11.9 Å². The van der Waals surface area contributed by atoms with Crippen LogP contribution < -0.4 is 0 Å². The van der Waals surface area contributed by atoms with Gasteiger partial charge >= 0.3 is 0 Å². The van der Waals surface area contributed by atoms with Crippen molar-refractivity contribution in [1.82, 2.24) is 19.9 Å². The quantitative estimate of drug-likeness (QED) is 0.709. The van der Waals surface area contributed by atoms with E-state index in [4.69, 9.17) is 0 Å². The van der Waals surface area contributed by atoms with Gasteiger partial charge in [-0.3, -0.25) is 4.79 Å². The summed E-state index contributed by atoms with van der Waals surface area (Å²) < 4.78 is 0. The molecule has 6 heteroatoms. The molecule has 0 saturated carbocycles. The van der Waals surface area contributed by atoms with Gasteiger partial charge in [-0.25, -0.2) is 0 Å². The smallest absolute Gasteiger partial charge is 0.276 e. The molecule has 25 heavy (non-hydrogen) atoms. The predicted octanol–water partition coefficient (Wildman–Crippen LogP) is 4.09. The van der Waals surface area contributed by atoms with Gasteiger partial charge in [0.25, 0.3) is 5.91 Å². The van der Waals surface area contributed by atoms with Crippen LogP contribution in [0.3, 0.4) is 0 Å². The molecule has 5 nitrogen and oxygen atoms in total. The van der Waals surface area contributed by atoms with Gasteiger partial charge in [0.1, 0.15) is 0 Å². The van der Waals surface area contributed by atoms with E-state index in [1.54, 1.807) is 21.0 Å². The number of amides is 1. The van der Waals surface area contributed by atoms with E-state index >= 15 is 0 Å². The zero-order valence-electron chi connectivity index (χ0n) is 15.1. The third-order valence-corrected chi connectivity index (χ3v) is 5.45. The summed E-state index contributed by atoms with van der Waals surface area (Å²) in [4.78, 5) is 17.3. The summed E-state index contributed by atoms with van der Waals surface area (Å²) in [7, 11) is 1.81. The topological polar surface area (TPSA) is 51.0 Å². The minimum atomic E-state index is -0.116. The van der Waals surface area contributed by atoms with Crippen molar-refractivity contribution in [1.29, 1.82) is 0 Å². The molecule has 0 spiro atoms. The van der Waals surface area contributed by atoms with Crippen molar-refractivity contribution in [2.75, 3.05) is 7.05 Å². The molecule has 0 N–H and O–H groups in total. The summed E-state index contributed by atoms with van der Waals surface area (Å²) >= 11 is 1.65. The monoisotopic (exact) mass is 354 g/mol. The molecular weight excluding hydrogens is 332 g/mol. The fourth-order valence-corrected chi connectivity index (χ4v) is 3.60. The number of nitrogens with zero attached hydrogens (tertiary/aromatic N) is 4. The Morgan fingerprint density at radius 2 is 1.96 bits per heavy atom. The fraction of sp³-hybridized carbons (Fsp3) is 0.316. The lowest BCUT2D eigenvalue weighted by Crippen LogP contribution is -2.30. The molecule has 3 aromatic rings. The summed E-state index contributed by atoms with van der Waals surface area (Å²) in [5, 5.41) is 11.0. The van der Waals surface area contributed by atoms with Gasteiger partial charge in [-0.15, -0.1) is 16.4 Å². The number of carbonyl (C=O) groups is 1. The van der Waals surface area contributed by atoms with Crippen molar-refractivity contribution in [2.24, 2.45) is 0 Å². The molecule has 0 radical (unpaired) electrons. The van der Waals surface area contributed by atoms with Crippen LogP contribution in [0.2, 0.25) is 0 Å². The van der Waals surface area contributed by atoms with E-state index in [1.807, 2.05) is 57.5 Å². The Bertz CT molecular complexity index is 898. The Morgan fingerprint density at radius 3 is 2.60 bits per heavy atom. The summed E-state index contributed by atoms with van der Waals surface area (Å²) in [6, 6.07) is 10.1. The summed E-state index contributed by atoms with van der Waals surface area (Å²) in [6.07, 6.45) is 0. The average molecular weight is 354 g/mol. The lowest BCUT2D eigenvalue weighted by Gasteiger charge is -2.23. The Morgan fingerprint density at radius 1 is 1.20 bits per heavy atom. The second-order valence-corrected chi connectivity index (χ2v) is 7.30. The first kappa shape index (κ1) is 17.4. The van der Waals surface area contributed by atoms with Crippen molar-refractivity contribution in [2.45, 2.75) is 33.7 Å². The number of hydrogen-bond donors (Lipinski definition) is 0. The summed E-state index contributed by atoms with van der Waals surface area (Å²) in [5.41, 5.74) is 4.18. The minimum Gasteiger partial charge on any atom is -0.333 e. The van der Waals surface area contributed by atoms with Crippen molar-refractivity contribution in [3.8, 4) is 5.69 Å². The highest BCUT2D eigenvalue weighted by Crippen LogP contribution is 2.25. The summed E-state index contributed by atoms with van der Waals surface area (Å²) in [6.45, 7) is 7.92. The van der Waals surface area contributed by atoms with Crippen LogP contribution in [-0.4, -0.2) is 32.8 Å². The van der Waals surface area contributed by atoms with Gasteiger partial charge < -0.3 is 4.90 Å². The SMILES string of the molecule is Cc1ccc(-n2nc(C)c(C(=O)N(C)C(C)c3cccs3)n2)c(C)c1. The second-order valence-electron chi connectivity index (χ2n) is 6.32. The van der Waals surface area contributed by atoms with Crippen LogP contribution in [0.15, 0.2) is 35.7 Å². The zero-order chi connectivity index (χ0) is 18.1. The molecule has 0 aliphatic heterocycles. The van der Waals surface area contributed by atoms with Crippen LogP contribution >= 0.6 is 11.3 Å². The van der Waals surface area contributed by atoms with Gasteiger partial charge in [-0.1, -0.05) is 23.8 Å². The van der Waals surface area contributed by atoms with Gasteiger partial charge in [0.05, 0.1) is 17.4 Å². The molecule has 1 aromatic carbocycles. The van der Waals surface area contributed by atoms with E-state index in [0.29, 0.717) is 11.4 Å². The fourth-order valence-electron chi connectivity index (χ4n) is 2.78. The Labute approximate surface area is 151 Å². The van der Waals surface area contributed by atoms with Crippen molar-refractivity contribution in [3.63, 3.8) is 0 Å². The number of aryl methyl sites for hydroxylation is 3.